The zero-order chi connectivity index (χ0) is 21.0. The highest BCUT2D eigenvalue weighted by atomic mass is 79.9. The molecule has 2 aromatic rings. The van der Waals surface area contributed by atoms with Crippen LogP contribution < -0.4 is 14.8 Å². The van der Waals surface area contributed by atoms with E-state index >= 15 is 0 Å². The number of carbonyl (C=O) groups excluding carboxylic acids is 2. The first-order valence-corrected chi connectivity index (χ1v) is 9.28. The molecule has 3 amide bonds. The summed E-state index contributed by atoms with van der Waals surface area (Å²) in [6.07, 6.45) is 1.45. The number of imide groups is 1. The van der Waals surface area contributed by atoms with E-state index in [0.29, 0.717) is 28.6 Å². The lowest BCUT2D eigenvalue weighted by atomic mass is 10.1. The predicted octanol–water partition coefficient (Wildman–Crippen LogP) is 3.01. The van der Waals surface area contributed by atoms with Crippen LogP contribution in [0.3, 0.4) is 0 Å². The van der Waals surface area contributed by atoms with Crippen molar-refractivity contribution in [3.05, 3.63) is 63.8 Å². The number of benzene rings is 2. The van der Waals surface area contributed by atoms with E-state index in [1.807, 2.05) is 24.3 Å². The molecule has 0 aliphatic carbocycles. The van der Waals surface area contributed by atoms with Crippen LogP contribution in [-0.4, -0.2) is 41.6 Å². The molecule has 1 fully saturated rings. The molecule has 9 heteroatoms. The largest absolute Gasteiger partial charge is 0.493 e. The molecule has 0 atom stereocenters. The van der Waals surface area contributed by atoms with Gasteiger partial charge in [-0.25, -0.2) is 9.69 Å². The van der Waals surface area contributed by atoms with Crippen LogP contribution in [0.4, 0.5) is 4.79 Å². The third kappa shape index (κ3) is 4.94. The van der Waals surface area contributed by atoms with E-state index in [-0.39, 0.29) is 5.70 Å². The maximum Gasteiger partial charge on any atom is 0.329 e. The summed E-state index contributed by atoms with van der Waals surface area (Å²) in [6.45, 7) is -0.350. The van der Waals surface area contributed by atoms with Crippen molar-refractivity contribution in [2.24, 2.45) is 0 Å². The maximum atomic E-state index is 12.2. The molecule has 8 nitrogen and oxygen atoms in total. The van der Waals surface area contributed by atoms with E-state index in [0.717, 1.165) is 10.0 Å². The van der Waals surface area contributed by atoms with Gasteiger partial charge in [0.1, 0.15) is 18.8 Å². The summed E-state index contributed by atoms with van der Waals surface area (Å²) < 4.78 is 12.1. The minimum Gasteiger partial charge on any atom is -0.493 e. The maximum absolute atomic E-state index is 12.2. The highest BCUT2D eigenvalue weighted by Gasteiger charge is 2.34. The van der Waals surface area contributed by atoms with E-state index in [9.17, 15) is 14.4 Å². The number of nitrogens with zero attached hydrogens (tertiary/aromatic N) is 1. The summed E-state index contributed by atoms with van der Waals surface area (Å²) in [5.41, 5.74) is 1.56. The van der Waals surface area contributed by atoms with Gasteiger partial charge in [0.05, 0.1) is 7.11 Å². The third-order valence-corrected chi connectivity index (χ3v) is 4.59. The Kier molecular flexibility index (Phi) is 6.18. The van der Waals surface area contributed by atoms with Crippen molar-refractivity contribution < 1.29 is 29.0 Å². The first-order valence-electron chi connectivity index (χ1n) is 8.49. The first kappa shape index (κ1) is 20.4. The molecule has 1 aliphatic rings. The van der Waals surface area contributed by atoms with Crippen LogP contribution in [0, 0.1) is 0 Å². The number of urea groups is 1. The molecule has 29 heavy (non-hydrogen) atoms. The Labute approximate surface area is 174 Å². The number of amides is 3. The van der Waals surface area contributed by atoms with Crippen LogP contribution in [0.1, 0.15) is 11.1 Å². The van der Waals surface area contributed by atoms with Crippen molar-refractivity contribution in [1.82, 2.24) is 10.2 Å². The standard InChI is InChI=1S/C20H17BrN2O6/c1-28-17-9-13(8-15-19(26)23(10-18(24)25)20(27)22-15)4-7-16(17)29-11-12-2-5-14(21)6-3-12/h2-9H,10-11H2,1H3,(H,22,27)(H,24,25)/b15-8+. The molecule has 0 saturated carbocycles. The van der Waals surface area contributed by atoms with Crippen LogP contribution in [0.5, 0.6) is 11.5 Å². The lowest BCUT2D eigenvalue weighted by Crippen LogP contribution is -2.35. The van der Waals surface area contributed by atoms with Crippen molar-refractivity contribution in [2.45, 2.75) is 6.61 Å². The molecule has 2 aromatic carbocycles. The second-order valence-electron chi connectivity index (χ2n) is 6.10. The van der Waals surface area contributed by atoms with E-state index in [4.69, 9.17) is 14.6 Å². The summed E-state index contributed by atoms with van der Waals surface area (Å²) in [4.78, 5) is 35.4. The highest BCUT2D eigenvalue weighted by molar-refractivity contribution is 9.10. The van der Waals surface area contributed by atoms with Crippen molar-refractivity contribution in [1.29, 1.82) is 0 Å². The van der Waals surface area contributed by atoms with Gasteiger partial charge < -0.3 is 19.9 Å². The topological polar surface area (TPSA) is 105 Å². The summed E-state index contributed by atoms with van der Waals surface area (Å²) in [5.74, 6) is -1.00. The monoisotopic (exact) mass is 460 g/mol. The number of nitrogens with one attached hydrogen (secondary N) is 1. The zero-order valence-electron chi connectivity index (χ0n) is 15.3. The fraction of sp³-hybridized carbons (Fsp3) is 0.150. The second kappa shape index (κ2) is 8.78. The predicted molar refractivity (Wildman–Crippen MR) is 107 cm³/mol. The van der Waals surface area contributed by atoms with Gasteiger partial charge >= 0.3 is 12.0 Å². The van der Waals surface area contributed by atoms with Crippen LogP contribution in [0.25, 0.3) is 6.08 Å². The zero-order valence-corrected chi connectivity index (χ0v) is 16.9. The van der Waals surface area contributed by atoms with Gasteiger partial charge in [0.2, 0.25) is 0 Å². The average molecular weight is 461 g/mol. The van der Waals surface area contributed by atoms with Crippen molar-refractivity contribution in [2.75, 3.05) is 13.7 Å². The van der Waals surface area contributed by atoms with Crippen LogP contribution in [-0.2, 0) is 16.2 Å². The molecule has 0 radical (unpaired) electrons. The summed E-state index contributed by atoms with van der Waals surface area (Å²) in [7, 11) is 1.50. The lowest BCUT2D eigenvalue weighted by Gasteiger charge is -2.12. The van der Waals surface area contributed by atoms with E-state index in [2.05, 4.69) is 21.2 Å². The van der Waals surface area contributed by atoms with E-state index < -0.39 is 24.5 Å². The molecule has 1 aliphatic heterocycles. The van der Waals surface area contributed by atoms with Crippen molar-refractivity contribution in [3.63, 3.8) is 0 Å². The van der Waals surface area contributed by atoms with Gasteiger partial charge in [0, 0.05) is 4.47 Å². The van der Waals surface area contributed by atoms with Crippen LogP contribution >= 0.6 is 15.9 Å². The van der Waals surface area contributed by atoms with Crippen LogP contribution in [0.15, 0.2) is 52.6 Å². The number of halogens is 1. The first-order chi connectivity index (χ1) is 13.9. The SMILES string of the molecule is COc1cc(/C=C2/NC(=O)N(CC(=O)O)C2=O)ccc1OCc1ccc(Br)cc1. The number of methoxy groups -OCH3 is 1. The van der Waals surface area contributed by atoms with Gasteiger partial charge in [-0.3, -0.25) is 9.59 Å². The Bertz CT molecular complexity index is 987. The number of hydrogen-bond donors (Lipinski definition) is 2. The second-order valence-corrected chi connectivity index (χ2v) is 7.01. The number of rotatable bonds is 7. The van der Waals surface area contributed by atoms with Gasteiger partial charge in [-0.1, -0.05) is 34.1 Å². The molecule has 0 unspecified atom stereocenters. The summed E-state index contributed by atoms with van der Waals surface area (Å²) in [5, 5.41) is 11.2. The number of hydrogen-bond acceptors (Lipinski definition) is 5. The number of carbonyl (C=O) groups is 3. The van der Waals surface area contributed by atoms with Gasteiger partial charge in [-0.2, -0.15) is 0 Å². The Morgan fingerprint density at radius 2 is 1.90 bits per heavy atom. The Morgan fingerprint density at radius 1 is 1.17 bits per heavy atom. The highest BCUT2D eigenvalue weighted by Crippen LogP contribution is 2.30. The molecule has 0 bridgehead atoms. The average Bonchev–Trinajstić information content (AvgIpc) is 2.95. The fourth-order valence-corrected chi connectivity index (χ4v) is 2.92. The molecule has 150 valence electrons. The number of carboxylic acids is 1. The summed E-state index contributed by atoms with van der Waals surface area (Å²) >= 11 is 3.38. The number of ether oxygens (including phenoxy) is 2. The fourth-order valence-electron chi connectivity index (χ4n) is 2.65. The number of aliphatic carboxylic acids is 1. The van der Waals surface area contributed by atoms with Gasteiger partial charge in [0.25, 0.3) is 5.91 Å². The smallest absolute Gasteiger partial charge is 0.329 e. The quantitative estimate of drug-likeness (QED) is 0.485. The Morgan fingerprint density at radius 3 is 2.55 bits per heavy atom. The van der Waals surface area contributed by atoms with Gasteiger partial charge in [-0.05, 0) is 41.5 Å². The Balaban J connectivity index is 1.75. The minimum absolute atomic E-state index is 0.0122. The van der Waals surface area contributed by atoms with E-state index in [1.165, 1.54) is 13.2 Å². The van der Waals surface area contributed by atoms with Gasteiger partial charge in [-0.15, -0.1) is 0 Å². The van der Waals surface area contributed by atoms with Gasteiger partial charge in [0.15, 0.2) is 11.5 Å². The third-order valence-electron chi connectivity index (χ3n) is 4.06. The van der Waals surface area contributed by atoms with Crippen molar-refractivity contribution in [3.8, 4) is 11.5 Å². The normalized spacial score (nSPS) is 14.8. The van der Waals surface area contributed by atoms with Crippen molar-refractivity contribution >= 4 is 39.9 Å². The minimum atomic E-state index is -1.27. The van der Waals surface area contributed by atoms with E-state index in [1.54, 1.807) is 18.2 Å². The lowest BCUT2D eigenvalue weighted by molar-refractivity contribution is -0.140. The Hall–Kier alpha value is -3.33. The number of carboxylic acid groups (broad SMARTS) is 1. The molecule has 2 N–H and O–H groups in total. The molecule has 1 saturated heterocycles. The molecule has 3 rings (SSSR count). The molecular weight excluding hydrogens is 444 g/mol. The van der Waals surface area contributed by atoms with Crippen LogP contribution in [0.2, 0.25) is 0 Å². The summed E-state index contributed by atoms with van der Waals surface area (Å²) in [6, 6.07) is 12.0. The molecule has 0 spiro atoms. The molecular formula is C20H17BrN2O6. The molecule has 0 aromatic heterocycles. The molecule has 1 heterocycles.